The molecule has 0 saturated heterocycles. The van der Waals surface area contributed by atoms with Crippen LogP contribution in [0.5, 0.6) is 0 Å². The van der Waals surface area contributed by atoms with Crippen molar-refractivity contribution in [1.29, 1.82) is 0 Å². The van der Waals surface area contributed by atoms with Crippen LogP contribution in [-0.2, 0) is 0 Å². The van der Waals surface area contributed by atoms with Gasteiger partial charge in [-0.15, -0.1) is 0 Å². The second-order valence-corrected chi connectivity index (χ2v) is 7.29. The van der Waals surface area contributed by atoms with E-state index >= 15 is 0 Å². The number of nitrogens with two attached hydrogens (primary N) is 3. The molecule has 0 aliphatic rings. The van der Waals surface area contributed by atoms with Crippen molar-refractivity contribution in [3.8, 4) is 0 Å². The highest BCUT2D eigenvalue weighted by Gasteiger charge is 2.10. The molecule has 24 heavy (non-hydrogen) atoms. The van der Waals surface area contributed by atoms with Crippen LogP contribution in [0.2, 0.25) is 0 Å². The molecule has 2 unspecified atom stereocenters. The Labute approximate surface area is 151 Å². The summed E-state index contributed by atoms with van der Waals surface area (Å²) >= 11 is 0. The minimum Gasteiger partial charge on any atom is -0.329 e. The Bertz CT molecular complexity index is 266. The molecule has 0 amide bonds. The van der Waals surface area contributed by atoms with Gasteiger partial charge in [0.1, 0.15) is 0 Å². The van der Waals surface area contributed by atoms with Gasteiger partial charge in [-0.2, -0.15) is 0 Å². The molecule has 0 aromatic heterocycles. The molecule has 0 spiro atoms. The van der Waals surface area contributed by atoms with Crippen LogP contribution in [0.25, 0.3) is 0 Å². The molecular formula is C21H45N3. The topological polar surface area (TPSA) is 78.1 Å². The first-order valence-corrected chi connectivity index (χ1v) is 10.6. The molecule has 0 saturated carbocycles. The molecule has 0 aromatic rings. The Kier molecular flexibility index (Phi) is 18.7. The van der Waals surface area contributed by atoms with Gasteiger partial charge in [0.05, 0.1) is 0 Å². The van der Waals surface area contributed by atoms with E-state index in [0.717, 1.165) is 6.42 Å². The van der Waals surface area contributed by atoms with Crippen LogP contribution in [0.1, 0.15) is 103 Å². The lowest BCUT2D eigenvalue weighted by molar-refractivity contribution is 0.469. The van der Waals surface area contributed by atoms with Gasteiger partial charge in [-0.25, -0.2) is 0 Å². The summed E-state index contributed by atoms with van der Waals surface area (Å²) in [5, 5.41) is 0. The number of hydrogen-bond donors (Lipinski definition) is 3. The Morgan fingerprint density at radius 2 is 1.08 bits per heavy atom. The maximum Gasteiger partial charge on any atom is 0.0317 e. The van der Waals surface area contributed by atoms with Crippen LogP contribution in [0.4, 0.5) is 0 Å². The fraction of sp³-hybridized carbons (Fsp3) is 0.905. The molecule has 3 heteroatoms. The van der Waals surface area contributed by atoms with Crippen LogP contribution in [0.15, 0.2) is 12.2 Å². The van der Waals surface area contributed by atoms with E-state index in [2.05, 4.69) is 19.1 Å². The molecule has 0 radical (unpaired) electrons. The second kappa shape index (κ2) is 19.0. The summed E-state index contributed by atoms with van der Waals surface area (Å²) in [6.07, 6.45) is 24.5. The Morgan fingerprint density at radius 3 is 1.58 bits per heavy atom. The molecule has 0 heterocycles. The zero-order valence-corrected chi connectivity index (χ0v) is 16.4. The lowest BCUT2D eigenvalue weighted by Crippen LogP contribution is -2.46. The van der Waals surface area contributed by atoms with E-state index in [1.807, 2.05) is 0 Å². The number of unbranched alkanes of at least 4 members (excludes halogenated alkanes) is 12. The van der Waals surface area contributed by atoms with Crippen molar-refractivity contribution in [3.05, 3.63) is 12.2 Å². The van der Waals surface area contributed by atoms with Gasteiger partial charge >= 0.3 is 0 Å². The van der Waals surface area contributed by atoms with Gasteiger partial charge in [0.15, 0.2) is 0 Å². The van der Waals surface area contributed by atoms with E-state index in [1.54, 1.807) is 0 Å². The van der Waals surface area contributed by atoms with Crippen LogP contribution < -0.4 is 17.2 Å². The minimum absolute atomic E-state index is 0.0341. The van der Waals surface area contributed by atoms with E-state index in [9.17, 15) is 0 Å². The van der Waals surface area contributed by atoms with Crippen molar-refractivity contribution >= 4 is 0 Å². The number of hydrogen-bond acceptors (Lipinski definition) is 3. The van der Waals surface area contributed by atoms with Crippen LogP contribution in [-0.4, -0.2) is 18.6 Å². The highest BCUT2D eigenvalue weighted by molar-refractivity contribution is 4.81. The summed E-state index contributed by atoms with van der Waals surface area (Å²) < 4.78 is 0. The van der Waals surface area contributed by atoms with E-state index in [4.69, 9.17) is 17.2 Å². The molecule has 3 nitrogen and oxygen atoms in total. The molecule has 144 valence electrons. The quantitative estimate of drug-likeness (QED) is 0.242. The lowest BCUT2D eigenvalue weighted by atomic mass is 10.0. The maximum atomic E-state index is 5.98. The summed E-state index contributed by atoms with van der Waals surface area (Å²) in [7, 11) is 0. The van der Waals surface area contributed by atoms with E-state index in [-0.39, 0.29) is 12.1 Å². The minimum atomic E-state index is -0.0341. The first-order valence-electron chi connectivity index (χ1n) is 10.6. The third-order valence-corrected chi connectivity index (χ3v) is 4.87. The van der Waals surface area contributed by atoms with Crippen molar-refractivity contribution in [2.45, 2.75) is 115 Å². The molecule has 0 aliphatic carbocycles. The van der Waals surface area contributed by atoms with Gasteiger partial charge < -0.3 is 17.2 Å². The summed E-state index contributed by atoms with van der Waals surface area (Å²) in [6, 6.07) is 0.0416. The highest BCUT2D eigenvalue weighted by Crippen LogP contribution is 2.11. The molecule has 0 bridgehead atoms. The van der Waals surface area contributed by atoms with E-state index in [1.165, 1.54) is 89.9 Å². The predicted molar refractivity (Wildman–Crippen MR) is 109 cm³/mol. The van der Waals surface area contributed by atoms with Gasteiger partial charge in [-0.3, -0.25) is 0 Å². The molecule has 6 N–H and O–H groups in total. The van der Waals surface area contributed by atoms with Crippen molar-refractivity contribution in [1.82, 2.24) is 0 Å². The molecule has 0 fully saturated rings. The molecule has 0 aromatic carbocycles. The highest BCUT2D eigenvalue weighted by atomic mass is 14.8. The first kappa shape index (κ1) is 23.6. The van der Waals surface area contributed by atoms with Crippen LogP contribution in [0, 0.1) is 0 Å². The first-order chi connectivity index (χ1) is 11.7. The van der Waals surface area contributed by atoms with Crippen molar-refractivity contribution < 1.29 is 0 Å². The summed E-state index contributed by atoms with van der Waals surface area (Å²) in [5.74, 6) is 0. The van der Waals surface area contributed by atoms with Crippen molar-refractivity contribution in [3.63, 3.8) is 0 Å². The molecule has 0 aliphatic heterocycles. The zero-order valence-electron chi connectivity index (χ0n) is 16.4. The second-order valence-electron chi connectivity index (χ2n) is 7.29. The molecular weight excluding hydrogens is 294 g/mol. The Morgan fingerprint density at radius 1 is 0.625 bits per heavy atom. The largest absolute Gasteiger partial charge is 0.329 e. The van der Waals surface area contributed by atoms with Gasteiger partial charge in [-0.05, 0) is 32.1 Å². The average molecular weight is 340 g/mol. The van der Waals surface area contributed by atoms with E-state index in [0.29, 0.717) is 6.54 Å². The van der Waals surface area contributed by atoms with Gasteiger partial charge in [0.25, 0.3) is 0 Å². The SMILES string of the molecule is CCCCCCCCC=CCCCCCCCCC(N)C(N)CN. The maximum absolute atomic E-state index is 5.98. The lowest BCUT2D eigenvalue weighted by Gasteiger charge is -2.17. The standard InChI is InChI=1S/C21H45N3/c1-2-3-4-5-6-7-8-9-10-11-12-13-14-15-16-17-18-20(23)21(24)19-22/h9-10,20-21H,2-8,11-19,22-24H2,1H3. The molecule has 0 rings (SSSR count). The smallest absolute Gasteiger partial charge is 0.0317 e. The predicted octanol–water partition coefficient (Wildman–Crippen LogP) is 5.03. The fourth-order valence-electron chi connectivity index (χ4n) is 3.02. The van der Waals surface area contributed by atoms with Crippen LogP contribution >= 0.6 is 0 Å². The van der Waals surface area contributed by atoms with Crippen molar-refractivity contribution in [2.24, 2.45) is 17.2 Å². The van der Waals surface area contributed by atoms with E-state index < -0.39 is 0 Å². The average Bonchev–Trinajstić information content (AvgIpc) is 2.60. The van der Waals surface area contributed by atoms with Crippen molar-refractivity contribution in [2.75, 3.05) is 6.54 Å². The Balaban J connectivity index is 3.18. The number of rotatable bonds is 18. The fourth-order valence-corrected chi connectivity index (χ4v) is 3.02. The molecule has 2 atom stereocenters. The normalized spacial score (nSPS) is 14.3. The third-order valence-electron chi connectivity index (χ3n) is 4.87. The zero-order chi connectivity index (χ0) is 17.9. The summed E-state index contributed by atoms with van der Waals surface area (Å²) in [4.78, 5) is 0. The van der Waals surface area contributed by atoms with Gasteiger partial charge in [-0.1, -0.05) is 83.3 Å². The monoisotopic (exact) mass is 339 g/mol. The van der Waals surface area contributed by atoms with Gasteiger partial charge in [0.2, 0.25) is 0 Å². The Hall–Kier alpha value is -0.380. The van der Waals surface area contributed by atoms with Gasteiger partial charge in [0, 0.05) is 18.6 Å². The van der Waals surface area contributed by atoms with Crippen LogP contribution in [0.3, 0.4) is 0 Å². The summed E-state index contributed by atoms with van der Waals surface area (Å²) in [6.45, 7) is 2.77. The number of allylic oxidation sites excluding steroid dienone is 2. The summed E-state index contributed by atoms with van der Waals surface area (Å²) in [5.41, 5.74) is 17.3. The third kappa shape index (κ3) is 16.5.